The van der Waals surface area contributed by atoms with E-state index >= 15 is 0 Å². The topological polar surface area (TPSA) is 300 Å². The minimum atomic E-state index is -1.06. The van der Waals surface area contributed by atoms with E-state index in [0.29, 0.717) is 83.7 Å². The molecule has 0 unspecified atom stereocenters. The number of anilines is 2. The Kier molecular flexibility index (Phi) is 20.8. The molecule has 1 saturated heterocycles. The fraction of sp³-hybridized carbons (Fsp3) is 0.377. The van der Waals surface area contributed by atoms with Crippen LogP contribution in [0.1, 0.15) is 89.0 Å². The lowest BCUT2D eigenvalue weighted by Gasteiger charge is -2.36. The number of unbranched alkanes of at least 4 members (excludes halogenated alkanes) is 2. The first-order valence-corrected chi connectivity index (χ1v) is 28.2. The summed E-state index contributed by atoms with van der Waals surface area (Å²) in [7, 11) is 1.58. The third-order valence-corrected chi connectivity index (χ3v) is 15.0. The Labute approximate surface area is 485 Å². The zero-order chi connectivity index (χ0) is 59.9. The predicted molar refractivity (Wildman–Crippen MR) is 314 cm³/mol. The smallest absolute Gasteiger partial charge is 0.411 e. The molecule has 23 heteroatoms. The molecule has 0 aromatic heterocycles. The summed E-state index contributed by atoms with van der Waals surface area (Å²) in [6, 6.07) is 23.3. The van der Waals surface area contributed by atoms with Gasteiger partial charge in [0.2, 0.25) is 17.7 Å². The summed E-state index contributed by atoms with van der Waals surface area (Å²) in [5.74, 6) is -2.85. The van der Waals surface area contributed by atoms with Crippen molar-refractivity contribution in [3.8, 4) is 5.75 Å². The number of imide groups is 2. The molecule has 1 fully saturated rings. The average molecular weight is 1150 g/mol. The van der Waals surface area contributed by atoms with Gasteiger partial charge in [-0.25, -0.2) is 9.59 Å². The van der Waals surface area contributed by atoms with Crippen molar-refractivity contribution >= 4 is 92.3 Å². The van der Waals surface area contributed by atoms with Crippen molar-refractivity contribution in [2.24, 2.45) is 11.7 Å². The van der Waals surface area contributed by atoms with Gasteiger partial charge in [-0.15, -0.1) is 0 Å². The molecule has 8 rings (SSSR count). The summed E-state index contributed by atoms with van der Waals surface area (Å²) in [5.41, 5.74) is 8.02. The number of hydrogen-bond donors (Lipinski definition) is 7. The van der Waals surface area contributed by atoms with E-state index in [9.17, 15) is 47.9 Å². The quantitative estimate of drug-likeness (QED) is 0.0209. The maximum absolute atomic E-state index is 14.1. The van der Waals surface area contributed by atoms with Crippen molar-refractivity contribution in [2.75, 3.05) is 83.2 Å². The third-order valence-electron chi connectivity index (χ3n) is 15.0. The van der Waals surface area contributed by atoms with Crippen molar-refractivity contribution in [2.45, 2.75) is 71.1 Å². The van der Waals surface area contributed by atoms with E-state index in [1.165, 1.54) is 17.1 Å². The molecule has 0 saturated carbocycles. The van der Waals surface area contributed by atoms with E-state index in [1.807, 2.05) is 30.3 Å². The van der Waals surface area contributed by atoms with Crippen LogP contribution >= 0.6 is 0 Å². The first kappa shape index (κ1) is 60.9. The molecular formula is C61H71N11O12. The fourth-order valence-corrected chi connectivity index (χ4v) is 10.3. The number of urea groups is 1. The number of nitrogens with two attached hydrogens (primary N) is 1. The molecule has 3 aliphatic rings. The standard InChI is InChI=1S/C61H71N11O12/c1-38(2)54(68-49(73)13-5-4-8-28-71-50(74)24-25-51(71)75)57(78)67-47(12-9-26-64-60(62)81)56(77)65-42-18-14-39(15-19-42)37-84-61(82)66-43-20-16-40(17-21-43)55(76)63-27-29-69-30-32-70(33-31-69)34-35-72-58(79)45-22-23-48(83-3)46-36-41-10-6-7-11-44(41)53(52(45)46)59(72)80/h6-7,10-11,14-25,36,38,47,54H,4-5,8-9,12-13,26-35,37H2,1-3H3,(H,63,76)(H,65,77)(H,66,82)(H,67,78)(H,68,73)(H3,62,64,81)/t47-,54-/m0/s1. The molecule has 2 atom stereocenters. The van der Waals surface area contributed by atoms with Crippen LogP contribution in [0.15, 0.2) is 103 Å². The monoisotopic (exact) mass is 1150 g/mol. The number of hydrogen-bond acceptors (Lipinski definition) is 14. The Hall–Kier alpha value is -9.22. The van der Waals surface area contributed by atoms with E-state index in [1.54, 1.807) is 81.6 Å². The Morgan fingerprint density at radius 3 is 2.01 bits per heavy atom. The maximum Gasteiger partial charge on any atom is 0.411 e. The van der Waals surface area contributed by atoms with Gasteiger partial charge in [-0.3, -0.25) is 63.3 Å². The van der Waals surface area contributed by atoms with Gasteiger partial charge < -0.3 is 41.8 Å². The minimum absolute atomic E-state index is 0.107. The summed E-state index contributed by atoms with van der Waals surface area (Å²) >= 11 is 0. The second-order valence-electron chi connectivity index (χ2n) is 21.1. The van der Waals surface area contributed by atoms with Crippen LogP contribution in [0.25, 0.3) is 21.5 Å². The lowest BCUT2D eigenvalue weighted by Crippen LogP contribution is -2.54. The summed E-state index contributed by atoms with van der Waals surface area (Å²) in [5, 5.41) is 19.4. The van der Waals surface area contributed by atoms with Crippen LogP contribution in [0.5, 0.6) is 5.75 Å². The molecule has 8 N–H and O–H groups in total. The number of nitrogens with one attached hydrogen (secondary N) is 6. The van der Waals surface area contributed by atoms with E-state index in [4.69, 9.17) is 15.2 Å². The molecular weight excluding hydrogens is 1080 g/mol. The van der Waals surface area contributed by atoms with Gasteiger partial charge in [-0.1, -0.05) is 56.7 Å². The fourth-order valence-electron chi connectivity index (χ4n) is 10.3. The number of nitrogens with zero attached hydrogens (tertiary/aromatic N) is 4. The van der Waals surface area contributed by atoms with Gasteiger partial charge in [0.25, 0.3) is 29.5 Å². The van der Waals surface area contributed by atoms with Gasteiger partial charge in [-0.2, -0.15) is 0 Å². The number of piperazine rings is 1. The first-order chi connectivity index (χ1) is 40.5. The number of carbonyl (C=O) groups is 10. The number of methoxy groups -OCH3 is 1. The number of benzene rings is 5. The summed E-state index contributed by atoms with van der Waals surface area (Å²) in [6.45, 7) is 8.60. The van der Waals surface area contributed by atoms with Crippen LogP contribution in [0.3, 0.4) is 0 Å². The lowest BCUT2D eigenvalue weighted by atomic mass is 9.89. The van der Waals surface area contributed by atoms with Crippen molar-refractivity contribution in [1.29, 1.82) is 0 Å². The molecule has 84 heavy (non-hydrogen) atoms. The minimum Gasteiger partial charge on any atom is -0.496 e. The molecule has 0 spiro atoms. The zero-order valence-corrected chi connectivity index (χ0v) is 47.3. The highest BCUT2D eigenvalue weighted by molar-refractivity contribution is 6.31. The van der Waals surface area contributed by atoms with Crippen LogP contribution in [-0.4, -0.2) is 164 Å². The highest BCUT2D eigenvalue weighted by Crippen LogP contribution is 2.40. The van der Waals surface area contributed by atoms with Crippen molar-refractivity contribution < 1.29 is 57.4 Å². The molecule has 23 nitrogen and oxygen atoms in total. The van der Waals surface area contributed by atoms with Crippen LogP contribution in [0.4, 0.5) is 21.0 Å². The Balaban J connectivity index is 0.725. The van der Waals surface area contributed by atoms with Gasteiger partial charge in [0.1, 0.15) is 24.4 Å². The van der Waals surface area contributed by atoms with E-state index in [-0.39, 0.29) is 86.9 Å². The SMILES string of the molecule is COc1ccc2c3c(c4ccccc4cc13)C(=O)N(CCN1CCN(CCNC(=O)c3ccc(NC(=O)OCc4ccc(NC(=O)[C@H](CCCNC(N)=O)NC(=O)[C@@H](NC(=O)CCCCCN5C(=O)C=CC5=O)C(C)C)cc4)cc3)CC1)C2=O. The average Bonchev–Trinajstić information content (AvgIpc) is 0.934. The van der Waals surface area contributed by atoms with Crippen LogP contribution in [-0.2, 0) is 35.3 Å². The predicted octanol–water partition coefficient (Wildman–Crippen LogP) is 4.89. The highest BCUT2D eigenvalue weighted by Gasteiger charge is 2.36. The van der Waals surface area contributed by atoms with Gasteiger partial charge in [0.15, 0.2) is 0 Å². The number of primary amides is 1. The van der Waals surface area contributed by atoms with E-state index in [2.05, 4.69) is 41.7 Å². The summed E-state index contributed by atoms with van der Waals surface area (Å²) in [6.07, 6.45) is 3.78. The molecule has 0 radical (unpaired) electrons. The van der Waals surface area contributed by atoms with Crippen molar-refractivity contribution in [1.82, 2.24) is 40.9 Å². The third kappa shape index (κ3) is 15.7. The van der Waals surface area contributed by atoms with Gasteiger partial charge >= 0.3 is 12.1 Å². The van der Waals surface area contributed by atoms with Crippen molar-refractivity contribution in [3.05, 3.63) is 125 Å². The largest absolute Gasteiger partial charge is 0.496 e. The number of fused-ring (bicyclic) bond motifs is 2. The molecule has 442 valence electrons. The number of amides is 11. The molecule has 11 amide bonds. The lowest BCUT2D eigenvalue weighted by molar-refractivity contribution is -0.137. The summed E-state index contributed by atoms with van der Waals surface area (Å²) < 4.78 is 11.0. The molecule has 3 aliphatic heterocycles. The van der Waals surface area contributed by atoms with Crippen molar-refractivity contribution in [3.63, 3.8) is 0 Å². The molecule has 3 heterocycles. The molecule has 5 aromatic rings. The Morgan fingerprint density at radius 2 is 1.32 bits per heavy atom. The van der Waals surface area contributed by atoms with Gasteiger partial charge in [-0.05, 0) is 103 Å². The highest BCUT2D eigenvalue weighted by atomic mass is 16.5. The van der Waals surface area contributed by atoms with Crippen LogP contribution < -0.4 is 42.4 Å². The number of rotatable bonds is 27. The Bertz CT molecular complexity index is 3310. The zero-order valence-electron chi connectivity index (χ0n) is 47.3. The molecule has 0 bridgehead atoms. The number of ether oxygens (including phenoxy) is 2. The van der Waals surface area contributed by atoms with Crippen LogP contribution in [0.2, 0.25) is 0 Å². The van der Waals surface area contributed by atoms with Gasteiger partial charge in [0.05, 0.1) is 12.7 Å². The normalized spacial score (nSPS) is 15.0. The second kappa shape index (κ2) is 28.7. The number of carbonyl (C=O) groups excluding carboxylic acids is 10. The summed E-state index contributed by atoms with van der Waals surface area (Å²) in [4.78, 5) is 136. The molecule has 0 aliphatic carbocycles. The van der Waals surface area contributed by atoms with Crippen LogP contribution in [0, 0.1) is 5.92 Å². The Morgan fingerprint density at radius 1 is 0.643 bits per heavy atom. The maximum atomic E-state index is 14.1. The molecule has 5 aromatic carbocycles. The second-order valence-corrected chi connectivity index (χ2v) is 21.1. The first-order valence-electron chi connectivity index (χ1n) is 28.2. The van der Waals surface area contributed by atoms with E-state index in [0.717, 1.165) is 47.2 Å². The van der Waals surface area contributed by atoms with Gasteiger partial charge in [0, 0.05) is 117 Å². The van der Waals surface area contributed by atoms with E-state index < -0.39 is 36.0 Å².